The molecule has 34 heavy (non-hydrogen) atoms. The lowest BCUT2D eigenvalue weighted by molar-refractivity contribution is -0.137. The second-order valence-corrected chi connectivity index (χ2v) is 7.28. The number of nitrogens with one attached hydrogen (secondary N) is 2. The summed E-state index contributed by atoms with van der Waals surface area (Å²) >= 11 is 0. The fraction of sp³-hybridized carbons (Fsp3) is 0.190. The summed E-state index contributed by atoms with van der Waals surface area (Å²) in [7, 11) is 2.72. The zero-order valence-corrected chi connectivity index (χ0v) is 17.9. The van der Waals surface area contributed by atoms with Crippen LogP contribution in [0.2, 0.25) is 0 Å². The van der Waals surface area contributed by atoms with Gasteiger partial charge in [0.25, 0.3) is 0 Å². The number of rotatable bonds is 7. The van der Waals surface area contributed by atoms with Gasteiger partial charge in [-0.2, -0.15) is 13.2 Å². The summed E-state index contributed by atoms with van der Waals surface area (Å²) in [5.41, 5.74) is -1.42. The van der Waals surface area contributed by atoms with Gasteiger partial charge in [0.15, 0.2) is 5.78 Å². The molecule has 3 rings (SSSR count). The summed E-state index contributed by atoms with van der Waals surface area (Å²) in [5.74, 6) is -1.52. The third kappa shape index (κ3) is 5.68. The summed E-state index contributed by atoms with van der Waals surface area (Å²) in [4.78, 5) is 37.4. The zero-order valence-electron chi connectivity index (χ0n) is 17.9. The maximum Gasteiger partial charge on any atom is 0.418 e. The van der Waals surface area contributed by atoms with Gasteiger partial charge in [0.05, 0.1) is 47.1 Å². The van der Waals surface area contributed by atoms with Crippen LogP contribution in [0.1, 0.15) is 22.3 Å². The van der Waals surface area contributed by atoms with Gasteiger partial charge < -0.3 is 15.3 Å². The summed E-state index contributed by atoms with van der Waals surface area (Å²) in [6.45, 7) is 0. The van der Waals surface area contributed by atoms with Crippen molar-refractivity contribution < 1.29 is 32.7 Å². The number of carbonyl (C=O) groups is 3. The topological polar surface area (TPSA) is 129 Å². The van der Waals surface area contributed by atoms with Gasteiger partial charge in [-0.25, -0.2) is 9.48 Å². The normalized spacial score (nSPS) is 11.1. The summed E-state index contributed by atoms with van der Waals surface area (Å²) in [6, 6.07) is 7.77. The standard InChI is InChI=1S/C21H19F3N6O4/c1-29(2)17-10-16(27-20(33)34)15(9-14(17)21(22,23)24)26-19(32)11-18(31)12-4-3-5-13(8-12)30-7-6-25-28-30/h3-10,27H,11H2,1-2H3,(H,26,32)(H,33,34). The Bertz CT molecular complexity index is 1230. The monoisotopic (exact) mass is 476 g/mol. The number of carboxylic acid groups (broad SMARTS) is 1. The van der Waals surface area contributed by atoms with Crippen molar-refractivity contribution in [3.63, 3.8) is 0 Å². The van der Waals surface area contributed by atoms with Crippen molar-refractivity contribution in [2.45, 2.75) is 12.6 Å². The fourth-order valence-corrected chi connectivity index (χ4v) is 3.12. The van der Waals surface area contributed by atoms with E-state index in [4.69, 9.17) is 5.11 Å². The van der Waals surface area contributed by atoms with Gasteiger partial charge in [0, 0.05) is 19.7 Å². The highest BCUT2D eigenvalue weighted by Crippen LogP contribution is 2.41. The maximum atomic E-state index is 13.6. The molecular formula is C21H19F3N6O4. The Hall–Kier alpha value is -4.42. The Kier molecular flexibility index (Phi) is 6.84. The predicted octanol–water partition coefficient (Wildman–Crippen LogP) is 3.65. The molecule has 0 spiro atoms. The summed E-state index contributed by atoms with van der Waals surface area (Å²) in [5, 5.41) is 20.7. The third-order valence-corrected chi connectivity index (χ3v) is 4.62. The van der Waals surface area contributed by atoms with Crippen molar-refractivity contribution in [1.82, 2.24) is 15.0 Å². The first-order valence-electron chi connectivity index (χ1n) is 9.68. The van der Waals surface area contributed by atoms with Crippen molar-refractivity contribution in [1.29, 1.82) is 0 Å². The summed E-state index contributed by atoms with van der Waals surface area (Å²) < 4.78 is 42.1. The van der Waals surface area contributed by atoms with Gasteiger partial charge in [0.1, 0.15) is 0 Å². The first-order valence-corrected chi connectivity index (χ1v) is 9.68. The first kappa shape index (κ1) is 24.2. The minimum Gasteiger partial charge on any atom is -0.465 e. The van der Waals surface area contributed by atoms with Crippen LogP contribution < -0.4 is 15.5 Å². The van der Waals surface area contributed by atoms with Crippen LogP contribution in [0.25, 0.3) is 5.69 Å². The number of carbonyl (C=O) groups excluding carboxylic acids is 2. The molecular weight excluding hydrogens is 457 g/mol. The first-order chi connectivity index (χ1) is 16.0. The molecule has 2 aromatic carbocycles. The van der Waals surface area contributed by atoms with Crippen LogP contribution in [0.4, 0.5) is 35.0 Å². The molecule has 178 valence electrons. The predicted molar refractivity (Wildman–Crippen MR) is 116 cm³/mol. The number of amides is 2. The average Bonchev–Trinajstić information content (AvgIpc) is 3.28. The average molecular weight is 476 g/mol. The lowest BCUT2D eigenvalue weighted by Gasteiger charge is -2.22. The van der Waals surface area contributed by atoms with Gasteiger partial charge in [0.2, 0.25) is 5.91 Å². The van der Waals surface area contributed by atoms with E-state index in [0.717, 1.165) is 11.0 Å². The molecule has 0 aliphatic heterocycles. The zero-order chi connectivity index (χ0) is 25.0. The van der Waals surface area contributed by atoms with E-state index >= 15 is 0 Å². The molecule has 0 unspecified atom stereocenters. The molecule has 0 radical (unpaired) electrons. The van der Waals surface area contributed by atoms with E-state index in [0.29, 0.717) is 11.8 Å². The number of nitrogens with zero attached hydrogens (tertiary/aromatic N) is 4. The highest BCUT2D eigenvalue weighted by Gasteiger charge is 2.35. The Morgan fingerprint density at radius 3 is 2.38 bits per heavy atom. The van der Waals surface area contributed by atoms with E-state index in [1.54, 1.807) is 18.3 Å². The minimum absolute atomic E-state index is 0.172. The number of alkyl halides is 3. The van der Waals surface area contributed by atoms with Crippen LogP contribution in [0.15, 0.2) is 48.8 Å². The molecule has 0 atom stereocenters. The van der Waals surface area contributed by atoms with Gasteiger partial charge in [-0.15, -0.1) is 5.10 Å². The number of benzene rings is 2. The highest BCUT2D eigenvalue weighted by molar-refractivity contribution is 6.12. The Morgan fingerprint density at radius 1 is 1.09 bits per heavy atom. The van der Waals surface area contributed by atoms with Gasteiger partial charge in [-0.05, 0) is 24.3 Å². The molecule has 0 saturated carbocycles. The molecule has 0 aliphatic carbocycles. The number of hydrogen-bond donors (Lipinski definition) is 3. The molecule has 3 aromatic rings. The molecule has 0 bridgehead atoms. The minimum atomic E-state index is -4.78. The number of ketones is 1. The largest absolute Gasteiger partial charge is 0.465 e. The van der Waals surface area contributed by atoms with Gasteiger partial charge in [-0.1, -0.05) is 17.3 Å². The molecule has 13 heteroatoms. The molecule has 1 heterocycles. The molecule has 1 aromatic heterocycles. The van der Waals surface area contributed by atoms with Crippen molar-refractivity contribution in [2.24, 2.45) is 0 Å². The van der Waals surface area contributed by atoms with E-state index < -0.39 is 41.6 Å². The van der Waals surface area contributed by atoms with E-state index in [2.05, 4.69) is 15.6 Å². The second-order valence-electron chi connectivity index (χ2n) is 7.28. The van der Waals surface area contributed by atoms with E-state index in [1.165, 1.54) is 37.1 Å². The molecule has 2 amide bonds. The SMILES string of the molecule is CN(C)c1cc(NC(=O)O)c(NC(=O)CC(=O)c2cccc(-n3ccnn3)c2)cc1C(F)(F)F. The summed E-state index contributed by atoms with van der Waals surface area (Å²) in [6.07, 6.45) is -4.01. The van der Waals surface area contributed by atoms with Crippen LogP contribution in [0.5, 0.6) is 0 Å². The van der Waals surface area contributed by atoms with Crippen molar-refractivity contribution in [3.8, 4) is 5.69 Å². The smallest absolute Gasteiger partial charge is 0.418 e. The number of halogens is 3. The number of aromatic nitrogens is 3. The molecule has 3 N–H and O–H groups in total. The van der Waals surface area contributed by atoms with Crippen LogP contribution in [-0.2, 0) is 11.0 Å². The maximum absolute atomic E-state index is 13.6. The van der Waals surface area contributed by atoms with Crippen LogP contribution >= 0.6 is 0 Å². The molecule has 10 nitrogen and oxygen atoms in total. The van der Waals surface area contributed by atoms with Gasteiger partial charge in [-0.3, -0.25) is 14.9 Å². The fourth-order valence-electron chi connectivity index (χ4n) is 3.12. The lowest BCUT2D eigenvalue weighted by atomic mass is 10.1. The Balaban J connectivity index is 1.86. The quantitative estimate of drug-likeness (QED) is 0.351. The Morgan fingerprint density at radius 2 is 1.79 bits per heavy atom. The highest BCUT2D eigenvalue weighted by atomic mass is 19.4. The van der Waals surface area contributed by atoms with Crippen molar-refractivity contribution >= 4 is 34.8 Å². The molecule has 0 fully saturated rings. The van der Waals surface area contributed by atoms with E-state index in [1.807, 2.05) is 5.32 Å². The number of anilines is 3. The van der Waals surface area contributed by atoms with Crippen LogP contribution in [-0.4, -0.2) is 52.0 Å². The van der Waals surface area contributed by atoms with Gasteiger partial charge >= 0.3 is 12.3 Å². The molecule has 0 aliphatic rings. The van der Waals surface area contributed by atoms with E-state index in [-0.39, 0.29) is 16.9 Å². The molecule has 0 saturated heterocycles. The third-order valence-electron chi connectivity index (χ3n) is 4.62. The number of hydrogen-bond acceptors (Lipinski definition) is 6. The van der Waals surface area contributed by atoms with E-state index in [9.17, 15) is 27.6 Å². The number of Topliss-reactive ketones (excluding diaryl/α,β-unsaturated/α-hetero) is 1. The van der Waals surface area contributed by atoms with Crippen molar-refractivity contribution in [3.05, 3.63) is 59.9 Å². The van der Waals surface area contributed by atoms with Crippen LogP contribution in [0, 0.1) is 0 Å². The van der Waals surface area contributed by atoms with Crippen molar-refractivity contribution in [2.75, 3.05) is 29.6 Å². The lowest BCUT2D eigenvalue weighted by Crippen LogP contribution is -2.21. The Labute approximate surface area is 191 Å². The second kappa shape index (κ2) is 9.60. The van der Waals surface area contributed by atoms with Crippen LogP contribution in [0.3, 0.4) is 0 Å².